The quantitative estimate of drug-likeness (QED) is 0.346. The molecule has 1 aromatic carbocycles. The summed E-state index contributed by atoms with van der Waals surface area (Å²) in [4.78, 5) is 15.8. The van der Waals surface area contributed by atoms with Crippen LogP contribution in [0.5, 0.6) is 0 Å². The predicted molar refractivity (Wildman–Crippen MR) is 132 cm³/mol. The molecule has 0 saturated heterocycles. The van der Waals surface area contributed by atoms with Crippen molar-refractivity contribution in [3.8, 4) is 17.2 Å². The third kappa shape index (κ3) is 5.31. The van der Waals surface area contributed by atoms with Gasteiger partial charge in [-0.25, -0.2) is 4.39 Å². The van der Waals surface area contributed by atoms with Crippen LogP contribution >= 0.6 is 11.3 Å². The molecule has 3 heterocycles. The van der Waals surface area contributed by atoms with E-state index in [0.717, 1.165) is 15.6 Å². The number of thiophene rings is 1. The first-order valence-electron chi connectivity index (χ1n) is 11.7. The van der Waals surface area contributed by atoms with E-state index in [-0.39, 0.29) is 42.7 Å². The highest BCUT2D eigenvalue weighted by molar-refractivity contribution is 7.12. The lowest BCUT2D eigenvalue weighted by Gasteiger charge is -2.33. The Morgan fingerprint density at radius 2 is 2.14 bits per heavy atom. The molecule has 37 heavy (non-hydrogen) atoms. The maximum Gasteiger partial charge on any atom is 0.435 e. The van der Waals surface area contributed by atoms with Crippen molar-refractivity contribution in [2.24, 2.45) is 0 Å². The van der Waals surface area contributed by atoms with Gasteiger partial charge in [-0.2, -0.15) is 23.5 Å². The van der Waals surface area contributed by atoms with Gasteiger partial charge in [0.2, 0.25) is 5.91 Å². The second-order valence-corrected chi connectivity index (χ2v) is 9.89. The van der Waals surface area contributed by atoms with Gasteiger partial charge in [-0.15, -0.1) is 11.3 Å². The topological polar surface area (TPSA) is 74.0 Å². The van der Waals surface area contributed by atoms with Gasteiger partial charge < -0.3 is 10.2 Å². The number of nitrogens with one attached hydrogen (secondary N) is 1. The van der Waals surface area contributed by atoms with Crippen molar-refractivity contribution in [1.29, 1.82) is 5.26 Å². The van der Waals surface area contributed by atoms with Crippen LogP contribution in [0.1, 0.15) is 46.3 Å². The van der Waals surface area contributed by atoms with Crippen LogP contribution in [0, 0.1) is 17.1 Å². The molecule has 0 aliphatic carbocycles. The van der Waals surface area contributed by atoms with Gasteiger partial charge >= 0.3 is 6.18 Å². The van der Waals surface area contributed by atoms with E-state index in [1.807, 2.05) is 6.92 Å². The van der Waals surface area contributed by atoms with Crippen molar-refractivity contribution in [3.63, 3.8) is 0 Å². The molecule has 0 radical (unpaired) electrons. The first-order valence-corrected chi connectivity index (χ1v) is 12.5. The van der Waals surface area contributed by atoms with Crippen LogP contribution in [0.3, 0.4) is 0 Å². The second-order valence-electron chi connectivity index (χ2n) is 8.76. The summed E-state index contributed by atoms with van der Waals surface area (Å²) in [6.45, 7) is 4.07. The lowest BCUT2D eigenvalue weighted by atomic mass is 9.83. The monoisotopic (exact) mass is 531 g/mol. The summed E-state index contributed by atoms with van der Waals surface area (Å²) in [5.41, 5.74) is -0.720. The second kappa shape index (κ2) is 10.5. The minimum atomic E-state index is -4.79. The highest BCUT2D eigenvalue weighted by atomic mass is 32.1. The van der Waals surface area contributed by atoms with Gasteiger partial charge in [-0.05, 0) is 44.2 Å². The molecule has 0 saturated carbocycles. The summed E-state index contributed by atoms with van der Waals surface area (Å²) in [6, 6.07) is 7.87. The van der Waals surface area contributed by atoms with E-state index >= 15 is 4.39 Å². The number of rotatable bonds is 6. The highest BCUT2D eigenvalue weighted by Crippen LogP contribution is 2.45. The predicted octanol–water partition coefficient (Wildman–Crippen LogP) is 5.30. The molecule has 0 spiro atoms. The van der Waals surface area contributed by atoms with E-state index in [0.29, 0.717) is 16.0 Å². The highest BCUT2D eigenvalue weighted by Gasteiger charge is 2.40. The molecular formula is C26H25F4N5OS. The molecule has 6 nitrogen and oxygen atoms in total. The van der Waals surface area contributed by atoms with Gasteiger partial charge in [-0.3, -0.25) is 9.48 Å². The normalized spacial score (nSPS) is 16.6. The maximum absolute atomic E-state index is 15.4. The molecule has 4 rings (SSSR count). The van der Waals surface area contributed by atoms with Crippen molar-refractivity contribution >= 4 is 17.2 Å². The van der Waals surface area contributed by atoms with Crippen molar-refractivity contribution < 1.29 is 22.4 Å². The number of halogens is 4. The molecule has 1 aliphatic heterocycles. The van der Waals surface area contributed by atoms with Gasteiger partial charge in [0.25, 0.3) is 0 Å². The van der Waals surface area contributed by atoms with E-state index in [2.05, 4.69) is 16.5 Å². The summed E-state index contributed by atoms with van der Waals surface area (Å²) >= 11 is 1.22. The fourth-order valence-electron chi connectivity index (χ4n) is 4.43. The zero-order valence-electron chi connectivity index (χ0n) is 20.4. The number of amides is 1. The van der Waals surface area contributed by atoms with Crippen LogP contribution in [-0.2, 0) is 24.1 Å². The summed E-state index contributed by atoms with van der Waals surface area (Å²) < 4.78 is 58.3. The van der Waals surface area contributed by atoms with Crippen molar-refractivity contribution in [2.75, 3.05) is 13.6 Å². The Bertz CT molecular complexity index is 1380. The molecule has 1 aliphatic rings. The summed E-state index contributed by atoms with van der Waals surface area (Å²) in [5, 5.41) is 16.2. The fourth-order valence-corrected chi connectivity index (χ4v) is 5.46. The molecule has 3 aromatic rings. The number of nitrogens with zero attached hydrogens (tertiary/aromatic N) is 4. The summed E-state index contributed by atoms with van der Waals surface area (Å²) in [6.07, 6.45) is -0.431. The molecular weight excluding hydrogens is 506 g/mol. The minimum Gasteiger partial charge on any atom is -0.333 e. The van der Waals surface area contributed by atoms with Crippen molar-refractivity contribution in [2.45, 2.75) is 45.1 Å². The molecule has 0 bridgehead atoms. The smallest absolute Gasteiger partial charge is 0.333 e. The number of likely N-dealkylation sites (N-methyl/N-ethyl adjacent to an activating group) is 1. The number of aromatic nitrogens is 2. The van der Waals surface area contributed by atoms with Crippen LogP contribution in [0.25, 0.3) is 11.1 Å². The number of aryl methyl sites for hydroxylation is 1. The average Bonchev–Trinajstić information content (AvgIpc) is 3.50. The van der Waals surface area contributed by atoms with Crippen LogP contribution in [-0.4, -0.2) is 40.2 Å². The molecule has 1 N–H and O–H groups in total. The molecule has 0 unspecified atom stereocenters. The first kappa shape index (κ1) is 26.6. The van der Waals surface area contributed by atoms with Gasteiger partial charge in [-0.1, -0.05) is 18.2 Å². The Kier molecular flexibility index (Phi) is 7.52. The molecule has 2 aromatic heterocycles. The lowest BCUT2D eigenvalue weighted by molar-refractivity contribution is -0.141. The van der Waals surface area contributed by atoms with Crippen molar-refractivity contribution in [1.82, 2.24) is 20.0 Å². The Balaban J connectivity index is 1.87. The Hall–Kier alpha value is -3.49. The third-order valence-electron chi connectivity index (χ3n) is 6.40. The van der Waals surface area contributed by atoms with E-state index in [1.165, 1.54) is 29.7 Å². The molecule has 11 heteroatoms. The Morgan fingerprint density at radius 3 is 2.78 bits per heavy atom. The fraction of sp³-hybridized carbons (Fsp3) is 0.346. The molecule has 0 fully saturated rings. The number of hydrogen-bond acceptors (Lipinski definition) is 5. The standard InChI is InChI=1S/C26H25F4N5OS/c1-4-35-13-20(25(33-35)26(28,29)30)24-17(6-5-7-21(24)27)19-12-34(23(36)9-8-15(2)32-3)14-22-18(19)10-16(11-31)37-22/h5-10,13,15,19,32H,4,12,14H2,1-3H3/b9-8+/t15-,19+/m1/s1. The largest absolute Gasteiger partial charge is 0.435 e. The summed E-state index contributed by atoms with van der Waals surface area (Å²) in [7, 11) is 1.76. The van der Waals surface area contributed by atoms with Gasteiger partial charge in [0.15, 0.2) is 5.69 Å². The van der Waals surface area contributed by atoms with Gasteiger partial charge in [0, 0.05) is 53.3 Å². The maximum atomic E-state index is 15.4. The third-order valence-corrected chi connectivity index (χ3v) is 7.44. The molecule has 194 valence electrons. The number of benzene rings is 1. The lowest BCUT2D eigenvalue weighted by Crippen LogP contribution is -2.37. The van der Waals surface area contributed by atoms with Crippen LogP contribution in [0.15, 0.2) is 42.6 Å². The van der Waals surface area contributed by atoms with Gasteiger partial charge in [0.1, 0.15) is 16.8 Å². The zero-order chi connectivity index (χ0) is 26.9. The molecule has 1 amide bonds. The average molecular weight is 532 g/mol. The Morgan fingerprint density at radius 1 is 1.38 bits per heavy atom. The number of fused-ring (bicyclic) bond motifs is 1. The van der Waals surface area contributed by atoms with E-state index in [4.69, 9.17) is 0 Å². The van der Waals surface area contributed by atoms with Crippen LogP contribution in [0.4, 0.5) is 17.6 Å². The van der Waals surface area contributed by atoms with E-state index in [9.17, 15) is 23.2 Å². The minimum absolute atomic E-state index is 0.0438. The molecule has 2 atom stereocenters. The van der Waals surface area contributed by atoms with Crippen molar-refractivity contribution in [3.05, 3.63) is 75.0 Å². The number of nitriles is 1. The zero-order valence-corrected chi connectivity index (χ0v) is 21.3. The summed E-state index contributed by atoms with van der Waals surface area (Å²) in [5.74, 6) is -1.74. The van der Waals surface area contributed by atoms with Gasteiger partial charge in [0.05, 0.1) is 6.54 Å². The van der Waals surface area contributed by atoms with E-state index in [1.54, 1.807) is 37.1 Å². The Labute approximate surface area is 215 Å². The SMILES string of the molecule is CCn1cc(-c2c(F)cccc2[C@@H]2CN(C(=O)/C=C/[C@@H](C)NC)Cc3sc(C#N)cc32)c(C(F)(F)F)n1. The number of alkyl halides is 3. The number of carbonyl (C=O) groups is 1. The number of carbonyl (C=O) groups excluding carboxylic acids is 1. The van der Waals surface area contributed by atoms with Crippen LogP contribution < -0.4 is 5.32 Å². The van der Waals surface area contributed by atoms with Crippen LogP contribution in [0.2, 0.25) is 0 Å². The van der Waals surface area contributed by atoms with E-state index < -0.39 is 23.6 Å². The number of hydrogen-bond donors (Lipinski definition) is 1. The first-order chi connectivity index (χ1) is 17.6.